The van der Waals surface area contributed by atoms with E-state index in [4.69, 9.17) is 9.47 Å². The predicted molar refractivity (Wildman–Crippen MR) is 114 cm³/mol. The van der Waals surface area contributed by atoms with Crippen molar-refractivity contribution in [2.75, 3.05) is 6.61 Å². The van der Waals surface area contributed by atoms with Crippen molar-refractivity contribution < 1.29 is 24.2 Å². The van der Waals surface area contributed by atoms with Crippen LogP contribution in [-0.4, -0.2) is 23.7 Å². The van der Waals surface area contributed by atoms with Gasteiger partial charge in [0.05, 0.1) is 13.0 Å². The van der Waals surface area contributed by atoms with Crippen LogP contribution in [0.4, 0.5) is 0 Å². The highest BCUT2D eigenvalue weighted by Crippen LogP contribution is 2.27. The summed E-state index contributed by atoms with van der Waals surface area (Å²) in [6.45, 7) is 0.286. The van der Waals surface area contributed by atoms with Gasteiger partial charge in [0.2, 0.25) is 0 Å². The molecule has 0 atom stereocenters. The first-order valence-corrected chi connectivity index (χ1v) is 9.56. The lowest BCUT2D eigenvalue weighted by atomic mass is 10.1. The number of benzene rings is 3. The van der Waals surface area contributed by atoms with Crippen LogP contribution < -0.4 is 4.74 Å². The minimum Gasteiger partial charge on any atom is -0.504 e. The Labute approximate surface area is 175 Å². The van der Waals surface area contributed by atoms with Crippen molar-refractivity contribution in [2.45, 2.75) is 12.8 Å². The quantitative estimate of drug-likeness (QED) is 0.345. The second kappa shape index (κ2) is 10.6. The van der Waals surface area contributed by atoms with Crippen LogP contribution in [-0.2, 0) is 27.2 Å². The van der Waals surface area contributed by atoms with Gasteiger partial charge in [0, 0.05) is 12.5 Å². The zero-order chi connectivity index (χ0) is 21.2. The van der Waals surface area contributed by atoms with Crippen LogP contribution in [0, 0.1) is 0 Å². The third-order valence-corrected chi connectivity index (χ3v) is 4.29. The maximum Gasteiger partial charge on any atom is 0.330 e. The molecule has 0 radical (unpaired) electrons. The number of esters is 2. The summed E-state index contributed by atoms with van der Waals surface area (Å²) >= 11 is 0. The summed E-state index contributed by atoms with van der Waals surface area (Å²) in [6.07, 6.45) is 3.57. The zero-order valence-electron chi connectivity index (χ0n) is 16.4. The standard InChI is InChI=1S/C25H22O5/c26-22-17-21(12-14-24(27)29-16-15-19-7-3-1-4-8-19)11-13-23(22)30-25(28)18-20-9-5-2-6-10-20/h1-14,17,26H,15-16,18H2/b14-12-. The van der Waals surface area contributed by atoms with Gasteiger partial charge in [-0.2, -0.15) is 0 Å². The fourth-order valence-electron chi connectivity index (χ4n) is 2.77. The molecule has 0 amide bonds. The first kappa shape index (κ1) is 20.9. The first-order valence-electron chi connectivity index (χ1n) is 9.56. The molecule has 0 fully saturated rings. The van der Waals surface area contributed by atoms with Gasteiger partial charge in [-0.3, -0.25) is 4.79 Å². The number of phenolic OH excluding ortho intramolecular Hbond substituents is 1. The van der Waals surface area contributed by atoms with Gasteiger partial charge >= 0.3 is 11.9 Å². The monoisotopic (exact) mass is 402 g/mol. The molecule has 0 aliphatic rings. The summed E-state index contributed by atoms with van der Waals surface area (Å²) in [5.74, 6) is -1.06. The summed E-state index contributed by atoms with van der Waals surface area (Å²) in [5.41, 5.74) is 2.50. The predicted octanol–water partition coefficient (Wildman–Crippen LogP) is 4.34. The van der Waals surface area contributed by atoms with Crippen LogP contribution >= 0.6 is 0 Å². The molecular weight excluding hydrogens is 380 g/mol. The molecule has 0 aromatic heterocycles. The summed E-state index contributed by atoms with van der Waals surface area (Å²) in [5, 5.41) is 10.1. The van der Waals surface area contributed by atoms with Crippen LogP contribution in [0.3, 0.4) is 0 Å². The molecule has 5 heteroatoms. The molecule has 0 unspecified atom stereocenters. The summed E-state index contributed by atoms with van der Waals surface area (Å²) in [6, 6.07) is 23.5. The van der Waals surface area contributed by atoms with Crippen molar-refractivity contribution in [3.63, 3.8) is 0 Å². The largest absolute Gasteiger partial charge is 0.504 e. The van der Waals surface area contributed by atoms with E-state index < -0.39 is 11.9 Å². The smallest absolute Gasteiger partial charge is 0.330 e. The molecule has 3 aromatic carbocycles. The van der Waals surface area contributed by atoms with Crippen molar-refractivity contribution in [3.05, 3.63) is 102 Å². The number of aromatic hydroxyl groups is 1. The molecular formula is C25H22O5. The molecule has 3 rings (SSSR count). The molecule has 0 bridgehead atoms. The van der Waals surface area contributed by atoms with E-state index in [1.165, 1.54) is 24.3 Å². The summed E-state index contributed by atoms with van der Waals surface area (Å²) in [4.78, 5) is 23.9. The molecule has 5 nitrogen and oxygen atoms in total. The van der Waals surface area contributed by atoms with Gasteiger partial charge in [-0.15, -0.1) is 0 Å². The van der Waals surface area contributed by atoms with Gasteiger partial charge in [0.25, 0.3) is 0 Å². The molecule has 0 aliphatic heterocycles. The van der Waals surface area contributed by atoms with Gasteiger partial charge in [-0.05, 0) is 34.9 Å². The molecule has 0 saturated heterocycles. The minimum atomic E-state index is -0.471. The maximum atomic E-state index is 12.0. The highest BCUT2D eigenvalue weighted by molar-refractivity contribution is 5.87. The van der Waals surface area contributed by atoms with Gasteiger partial charge in [-0.25, -0.2) is 4.79 Å². The average Bonchev–Trinajstić information content (AvgIpc) is 2.75. The number of carbonyl (C=O) groups is 2. The Balaban J connectivity index is 1.49. The number of hydrogen-bond donors (Lipinski definition) is 1. The van der Waals surface area contributed by atoms with Crippen LogP contribution in [0.1, 0.15) is 16.7 Å². The number of hydrogen-bond acceptors (Lipinski definition) is 5. The van der Waals surface area contributed by atoms with Gasteiger partial charge in [0.15, 0.2) is 11.5 Å². The summed E-state index contributed by atoms with van der Waals surface area (Å²) < 4.78 is 10.4. The SMILES string of the molecule is O=C(/C=C\c1ccc(OC(=O)Cc2ccccc2)c(O)c1)OCCc1ccccc1. The van der Waals surface area contributed by atoms with Crippen molar-refractivity contribution >= 4 is 18.0 Å². The highest BCUT2D eigenvalue weighted by atomic mass is 16.5. The molecule has 0 heterocycles. The lowest BCUT2D eigenvalue weighted by molar-refractivity contribution is -0.137. The van der Waals surface area contributed by atoms with Crippen LogP contribution in [0.25, 0.3) is 6.08 Å². The van der Waals surface area contributed by atoms with E-state index in [1.807, 2.05) is 60.7 Å². The third kappa shape index (κ3) is 6.63. The zero-order valence-corrected chi connectivity index (χ0v) is 16.4. The Morgan fingerprint density at radius 3 is 2.20 bits per heavy atom. The van der Waals surface area contributed by atoms with Crippen molar-refractivity contribution in [1.82, 2.24) is 0 Å². The van der Waals surface area contributed by atoms with E-state index in [2.05, 4.69) is 0 Å². The number of ether oxygens (including phenoxy) is 2. The fraction of sp³-hybridized carbons (Fsp3) is 0.120. The van der Waals surface area contributed by atoms with Crippen LogP contribution in [0.15, 0.2) is 84.9 Å². The molecule has 0 aliphatic carbocycles. The Hall–Kier alpha value is -3.86. The Morgan fingerprint density at radius 2 is 1.53 bits per heavy atom. The van der Waals surface area contributed by atoms with E-state index in [0.29, 0.717) is 12.0 Å². The van der Waals surface area contributed by atoms with Gasteiger partial charge in [-0.1, -0.05) is 66.7 Å². The number of phenols is 1. The average molecular weight is 402 g/mol. The third-order valence-electron chi connectivity index (χ3n) is 4.29. The Morgan fingerprint density at radius 1 is 0.867 bits per heavy atom. The first-order chi connectivity index (χ1) is 14.6. The molecule has 0 spiro atoms. The van der Waals surface area contributed by atoms with Crippen molar-refractivity contribution in [3.8, 4) is 11.5 Å². The molecule has 3 aromatic rings. The van der Waals surface area contributed by atoms with E-state index in [1.54, 1.807) is 6.07 Å². The molecule has 152 valence electrons. The van der Waals surface area contributed by atoms with Gasteiger partial charge < -0.3 is 14.6 Å². The van der Waals surface area contributed by atoms with E-state index in [-0.39, 0.29) is 24.5 Å². The minimum absolute atomic E-state index is 0.0681. The van der Waals surface area contributed by atoms with Gasteiger partial charge in [0.1, 0.15) is 0 Å². The van der Waals surface area contributed by atoms with E-state index in [0.717, 1.165) is 11.1 Å². The molecule has 0 saturated carbocycles. The van der Waals surface area contributed by atoms with Crippen molar-refractivity contribution in [1.29, 1.82) is 0 Å². The second-order valence-electron chi connectivity index (χ2n) is 6.60. The number of carbonyl (C=O) groups excluding carboxylic acids is 2. The number of rotatable bonds is 8. The molecule has 1 N–H and O–H groups in total. The Kier molecular flexibility index (Phi) is 7.39. The normalized spacial score (nSPS) is 10.7. The second-order valence-corrected chi connectivity index (χ2v) is 6.60. The fourth-order valence-corrected chi connectivity index (χ4v) is 2.77. The Bertz CT molecular complexity index is 1010. The van der Waals surface area contributed by atoms with Crippen molar-refractivity contribution in [2.24, 2.45) is 0 Å². The highest BCUT2D eigenvalue weighted by Gasteiger charge is 2.10. The summed E-state index contributed by atoms with van der Waals surface area (Å²) in [7, 11) is 0. The van der Waals surface area contributed by atoms with Crippen LogP contribution in [0.2, 0.25) is 0 Å². The molecule has 30 heavy (non-hydrogen) atoms. The lowest BCUT2D eigenvalue weighted by Gasteiger charge is -2.07. The van der Waals surface area contributed by atoms with Crippen LogP contribution in [0.5, 0.6) is 11.5 Å². The topological polar surface area (TPSA) is 72.8 Å². The van der Waals surface area contributed by atoms with E-state index >= 15 is 0 Å². The van der Waals surface area contributed by atoms with E-state index in [9.17, 15) is 14.7 Å². The maximum absolute atomic E-state index is 12.0. The lowest BCUT2D eigenvalue weighted by Crippen LogP contribution is -2.11.